The van der Waals surface area contributed by atoms with Crippen molar-refractivity contribution >= 4 is 11.6 Å². The topological polar surface area (TPSA) is 58.4 Å². The second kappa shape index (κ2) is 7.36. The summed E-state index contributed by atoms with van der Waals surface area (Å²) in [5, 5.41) is 2.79. The second-order valence-electron chi connectivity index (χ2n) is 5.38. The fourth-order valence-electron chi connectivity index (χ4n) is 2.70. The van der Waals surface area contributed by atoms with Gasteiger partial charge in [-0.1, -0.05) is 0 Å². The molecule has 0 radical (unpaired) electrons. The highest BCUT2D eigenvalue weighted by molar-refractivity contribution is 5.92. The highest BCUT2D eigenvalue weighted by atomic mass is 19.1. The summed E-state index contributed by atoms with van der Waals surface area (Å²) in [6.07, 6.45) is 3.35. The molecule has 0 spiro atoms. The number of hydrogen-bond acceptors (Lipinski definition) is 3. The van der Waals surface area contributed by atoms with E-state index in [1.54, 1.807) is 12.1 Å². The largest absolute Gasteiger partial charge is 0.330 e. The summed E-state index contributed by atoms with van der Waals surface area (Å²) >= 11 is 0. The number of piperidine rings is 1. The van der Waals surface area contributed by atoms with Gasteiger partial charge in [0.05, 0.1) is 6.54 Å². The number of amides is 1. The van der Waals surface area contributed by atoms with Crippen LogP contribution < -0.4 is 11.1 Å². The van der Waals surface area contributed by atoms with Gasteiger partial charge in [0.2, 0.25) is 5.91 Å². The first-order chi connectivity index (χ1) is 9.67. The molecule has 1 aliphatic heterocycles. The molecule has 1 saturated heterocycles. The van der Waals surface area contributed by atoms with E-state index in [1.165, 1.54) is 18.6 Å². The zero-order chi connectivity index (χ0) is 14.4. The summed E-state index contributed by atoms with van der Waals surface area (Å²) in [7, 11) is 0. The number of nitrogens with two attached hydrogens (primary N) is 1. The van der Waals surface area contributed by atoms with E-state index in [0.29, 0.717) is 24.7 Å². The van der Waals surface area contributed by atoms with Gasteiger partial charge in [-0.15, -0.1) is 0 Å². The molecule has 1 atom stereocenters. The predicted octanol–water partition coefficient (Wildman–Crippen LogP) is 1.82. The average molecular weight is 279 g/mol. The van der Waals surface area contributed by atoms with Gasteiger partial charge < -0.3 is 11.1 Å². The van der Waals surface area contributed by atoms with Gasteiger partial charge in [0.15, 0.2) is 0 Å². The lowest BCUT2D eigenvalue weighted by atomic mass is 9.95. The molecule has 1 aromatic rings. The molecule has 1 fully saturated rings. The number of benzene rings is 1. The molecule has 4 nitrogen and oxygen atoms in total. The first-order valence-electron chi connectivity index (χ1n) is 7.15. The van der Waals surface area contributed by atoms with Crippen molar-refractivity contribution < 1.29 is 9.18 Å². The Hall–Kier alpha value is -1.46. The molecular formula is C15H22FN3O. The number of carbonyl (C=O) groups excluding carboxylic acids is 1. The van der Waals surface area contributed by atoms with Crippen LogP contribution in [-0.2, 0) is 4.79 Å². The molecule has 0 saturated carbocycles. The summed E-state index contributed by atoms with van der Waals surface area (Å²) in [5.41, 5.74) is 6.22. The Kier molecular flexibility index (Phi) is 5.49. The molecule has 3 N–H and O–H groups in total. The van der Waals surface area contributed by atoms with E-state index in [1.807, 2.05) is 0 Å². The summed E-state index contributed by atoms with van der Waals surface area (Å²) < 4.78 is 12.8. The maximum Gasteiger partial charge on any atom is 0.238 e. The number of carbonyl (C=O) groups is 1. The Morgan fingerprint density at radius 3 is 2.85 bits per heavy atom. The third-order valence-corrected chi connectivity index (χ3v) is 3.67. The van der Waals surface area contributed by atoms with Crippen molar-refractivity contribution in [1.82, 2.24) is 4.90 Å². The lowest BCUT2D eigenvalue weighted by Gasteiger charge is -2.32. The van der Waals surface area contributed by atoms with Crippen molar-refractivity contribution in [2.75, 3.05) is 31.5 Å². The number of rotatable bonds is 5. The molecule has 110 valence electrons. The Labute approximate surface area is 119 Å². The summed E-state index contributed by atoms with van der Waals surface area (Å²) in [6, 6.07) is 5.82. The van der Waals surface area contributed by atoms with Crippen molar-refractivity contribution in [1.29, 1.82) is 0 Å². The van der Waals surface area contributed by atoms with E-state index in [2.05, 4.69) is 10.2 Å². The van der Waals surface area contributed by atoms with Crippen LogP contribution in [0.5, 0.6) is 0 Å². The van der Waals surface area contributed by atoms with Gasteiger partial charge in [-0.25, -0.2) is 4.39 Å². The standard InChI is InChI=1S/C15H22FN3O/c16-13-3-5-14(6-4-13)18-15(20)11-19-9-1-2-12(10-19)7-8-17/h3-6,12H,1-2,7-11,17H2,(H,18,20). The third-order valence-electron chi connectivity index (χ3n) is 3.67. The molecule has 1 heterocycles. The minimum Gasteiger partial charge on any atom is -0.330 e. The summed E-state index contributed by atoms with van der Waals surface area (Å²) in [5.74, 6) is 0.251. The van der Waals surface area contributed by atoms with Crippen LogP contribution in [0.25, 0.3) is 0 Å². The number of nitrogens with one attached hydrogen (secondary N) is 1. The molecule has 2 rings (SSSR count). The normalized spacial score (nSPS) is 19.8. The van der Waals surface area contributed by atoms with Crippen LogP contribution >= 0.6 is 0 Å². The highest BCUT2D eigenvalue weighted by Gasteiger charge is 2.20. The van der Waals surface area contributed by atoms with Gasteiger partial charge in [-0.2, -0.15) is 0 Å². The maximum atomic E-state index is 12.8. The number of hydrogen-bond donors (Lipinski definition) is 2. The number of anilines is 1. The minimum atomic E-state index is -0.302. The van der Waals surface area contributed by atoms with Crippen LogP contribution in [0.2, 0.25) is 0 Å². The van der Waals surface area contributed by atoms with Gasteiger partial charge in [0.1, 0.15) is 5.82 Å². The van der Waals surface area contributed by atoms with Crippen molar-refractivity contribution in [2.24, 2.45) is 11.7 Å². The fourth-order valence-corrected chi connectivity index (χ4v) is 2.70. The highest BCUT2D eigenvalue weighted by Crippen LogP contribution is 2.18. The Bertz CT molecular complexity index is 433. The van der Waals surface area contributed by atoms with Crippen LogP contribution in [0.3, 0.4) is 0 Å². The molecule has 20 heavy (non-hydrogen) atoms. The van der Waals surface area contributed by atoms with E-state index in [9.17, 15) is 9.18 Å². The van der Waals surface area contributed by atoms with E-state index in [4.69, 9.17) is 5.73 Å². The molecule has 0 aromatic heterocycles. The zero-order valence-corrected chi connectivity index (χ0v) is 11.6. The lowest BCUT2D eigenvalue weighted by molar-refractivity contribution is -0.117. The van der Waals surface area contributed by atoms with Gasteiger partial charge in [0, 0.05) is 12.2 Å². The molecule has 1 aromatic carbocycles. The molecule has 0 aliphatic carbocycles. The van der Waals surface area contributed by atoms with E-state index in [0.717, 1.165) is 25.9 Å². The average Bonchev–Trinajstić information content (AvgIpc) is 2.42. The molecule has 0 bridgehead atoms. The van der Waals surface area contributed by atoms with Crippen molar-refractivity contribution in [3.63, 3.8) is 0 Å². The Morgan fingerprint density at radius 2 is 2.15 bits per heavy atom. The number of likely N-dealkylation sites (tertiary alicyclic amines) is 1. The number of halogens is 1. The molecule has 1 unspecified atom stereocenters. The molecule has 5 heteroatoms. The minimum absolute atomic E-state index is 0.0509. The first-order valence-corrected chi connectivity index (χ1v) is 7.15. The van der Waals surface area contributed by atoms with Crippen LogP contribution in [0, 0.1) is 11.7 Å². The fraction of sp³-hybridized carbons (Fsp3) is 0.533. The summed E-state index contributed by atoms with van der Waals surface area (Å²) in [6.45, 7) is 2.99. The van der Waals surface area contributed by atoms with Crippen molar-refractivity contribution in [3.8, 4) is 0 Å². The lowest BCUT2D eigenvalue weighted by Crippen LogP contribution is -2.40. The number of nitrogens with zero attached hydrogens (tertiary/aromatic N) is 1. The summed E-state index contributed by atoms with van der Waals surface area (Å²) in [4.78, 5) is 14.1. The monoisotopic (exact) mass is 279 g/mol. The first kappa shape index (κ1) is 14.9. The quantitative estimate of drug-likeness (QED) is 0.864. The van der Waals surface area contributed by atoms with Gasteiger partial charge >= 0.3 is 0 Å². The Balaban J connectivity index is 1.80. The van der Waals surface area contributed by atoms with E-state index < -0.39 is 0 Å². The molecule has 1 aliphatic rings. The van der Waals surface area contributed by atoms with Crippen LogP contribution in [0.4, 0.5) is 10.1 Å². The third kappa shape index (κ3) is 4.58. The van der Waals surface area contributed by atoms with Crippen molar-refractivity contribution in [2.45, 2.75) is 19.3 Å². The predicted molar refractivity (Wildman–Crippen MR) is 77.9 cm³/mol. The zero-order valence-electron chi connectivity index (χ0n) is 11.6. The maximum absolute atomic E-state index is 12.8. The molecule has 1 amide bonds. The van der Waals surface area contributed by atoms with E-state index >= 15 is 0 Å². The van der Waals surface area contributed by atoms with E-state index in [-0.39, 0.29) is 11.7 Å². The Morgan fingerprint density at radius 1 is 1.40 bits per heavy atom. The second-order valence-corrected chi connectivity index (χ2v) is 5.38. The smallest absolute Gasteiger partial charge is 0.238 e. The van der Waals surface area contributed by atoms with Gasteiger partial charge in [0.25, 0.3) is 0 Å². The van der Waals surface area contributed by atoms with Gasteiger partial charge in [-0.3, -0.25) is 9.69 Å². The van der Waals surface area contributed by atoms with Crippen LogP contribution in [0.15, 0.2) is 24.3 Å². The van der Waals surface area contributed by atoms with Crippen molar-refractivity contribution in [3.05, 3.63) is 30.1 Å². The van der Waals surface area contributed by atoms with Crippen LogP contribution in [0.1, 0.15) is 19.3 Å². The van der Waals surface area contributed by atoms with Crippen LogP contribution in [-0.4, -0.2) is 37.0 Å². The van der Waals surface area contributed by atoms with Gasteiger partial charge in [-0.05, 0) is 62.5 Å². The SMILES string of the molecule is NCCC1CCCN(CC(=O)Nc2ccc(F)cc2)C1. The molecular weight excluding hydrogens is 257 g/mol.